The number of carbonyl (C=O) groups excluding carboxylic acids is 1. The van der Waals surface area contributed by atoms with Gasteiger partial charge in [-0.05, 0) is 29.7 Å². The number of carboxylic acids is 1. The maximum absolute atomic E-state index is 13.0. The van der Waals surface area contributed by atoms with Crippen LogP contribution in [0.25, 0.3) is 0 Å². The summed E-state index contributed by atoms with van der Waals surface area (Å²) in [5, 5.41) is 16.2. The Balaban J connectivity index is 2.10. The van der Waals surface area contributed by atoms with Crippen LogP contribution in [0.15, 0.2) is 30.3 Å². The topological polar surface area (TPSA) is 84.2 Å². The van der Waals surface area contributed by atoms with Gasteiger partial charge < -0.3 is 10.4 Å². The van der Waals surface area contributed by atoms with Crippen LogP contribution in [0.1, 0.15) is 47.4 Å². The molecular weight excluding hydrogens is 313 g/mol. The molecule has 0 aliphatic heterocycles. The van der Waals surface area contributed by atoms with E-state index in [1.54, 1.807) is 13.1 Å². The second-order valence-corrected chi connectivity index (χ2v) is 5.89. The summed E-state index contributed by atoms with van der Waals surface area (Å²) < 4.78 is 14.4. The quantitative estimate of drug-likeness (QED) is 0.849. The highest BCUT2D eigenvalue weighted by molar-refractivity contribution is 5.93. The molecule has 1 amide bonds. The number of hydrogen-bond acceptors (Lipinski definition) is 3. The lowest BCUT2D eigenvalue weighted by Gasteiger charge is -2.14. The molecule has 24 heavy (non-hydrogen) atoms. The van der Waals surface area contributed by atoms with Crippen LogP contribution in [-0.4, -0.2) is 33.3 Å². The zero-order valence-electron chi connectivity index (χ0n) is 13.8. The maximum atomic E-state index is 13.0. The number of nitrogens with one attached hydrogen (secondary N) is 1. The van der Waals surface area contributed by atoms with Gasteiger partial charge >= 0.3 is 5.97 Å². The van der Waals surface area contributed by atoms with E-state index in [0.717, 1.165) is 5.69 Å². The van der Waals surface area contributed by atoms with Crippen molar-refractivity contribution in [3.05, 3.63) is 53.1 Å². The maximum Gasteiger partial charge on any atom is 0.312 e. The molecule has 1 aromatic carbocycles. The fraction of sp³-hybridized carbons (Fsp3) is 0.353. The van der Waals surface area contributed by atoms with Gasteiger partial charge in [-0.1, -0.05) is 26.0 Å². The minimum absolute atomic E-state index is 0.0952. The van der Waals surface area contributed by atoms with Gasteiger partial charge in [-0.3, -0.25) is 14.3 Å². The Morgan fingerprint density at radius 2 is 1.92 bits per heavy atom. The second kappa shape index (κ2) is 7.25. The van der Waals surface area contributed by atoms with Gasteiger partial charge in [-0.15, -0.1) is 0 Å². The fourth-order valence-electron chi connectivity index (χ4n) is 2.31. The lowest BCUT2D eigenvalue weighted by molar-refractivity contribution is -0.138. The van der Waals surface area contributed by atoms with E-state index in [4.69, 9.17) is 0 Å². The molecule has 2 aromatic rings. The van der Waals surface area contributed by atoms with Crippen LogP contribution in [0.5, 0.6) is 0 Å². The van der Waals surface area contributed by atoms with Crippen molar-refractivity contribution in [2.24, 2.45) is 7.05 Å². The van der Waals surface area contributed by atoms with E-state index in [2.05, 4.69) is 10.4 Å². The Hall–Kier alpha value is -2.70. The zero-order valence-corrected chi connectivity index (χ0v) is 13.8. The van der Waals surface area contributed by atoms with Crippen LogP contribution >= 0.6 is 0 Å². The Bertz CT molecular complexity index is 738. The first-order valence-corrected chi connectivity index (χ1v) is 7.60. The standard InChI is InChI=1S/C17H20FN3O3/c1-10(2)14-8-15(21(3)20-14)16(22)19-9-13(17(23)24)11-4-6-12(18)7-5-11/h4-8,10,13H,9H2,1-3H3,(H,19,22)(H,23,24). The number of rotatable bonds is 6. The molecule has 0 aliphatic rings. The van der Waals surface area contributed by atoms with E-state index in [-0.39, 0.29) is 12.5 Å². The third-order valence-electron chi connectivity index (χ3n) is 3.76. The molecule has 1 unspecified atom stereocenters. The van der Waals surface area contributed by atoms with Crippen LogP contribution < -0.4 is 5.32 Å². The Morgan fingerprint density at radius 3 is 2.42 bits per heavy atom. The van der Waals surface area contributed by atoms with Crippen molar-refractivity contribution in [2.75, 3.05) is 6.54 Å². The highest BCUT2D eigenvalue weighted by Crippen LogP contribution is 2.17. The third-order valence-corrected chi connectivity index (χ3v) is 3.76. The summed E-state index contributed by atoms with van der Waals surface area (Å²) in [6, 6.07) is 6.89. The van der Waals surface area contributed by atoms with Crippen LogP contribution in [0, 0.1) is 5.82 Å². The van der Waals surface area contributed by atoms with Gasteiger partial charge in [0.05, 0.1) is 11.6 Å². The second-order valence-electron chi connectivity index (χ2n) is 5.89. The van der Waals surface area contributed by atoms with E-state index < -0.39 is 23.6 Å². The highest BCUT2D eigenvalue weighted by Gasteiger charge is 2.22. The number of carboxylic acid groups (broad SMARTS) is 1. The Labute approximate surface area is 139 Å². The van der Waals surface area contributed by atoms with Crippen molar-refractivity contribution in [2.45, 2.75) is 25.7 Å². The van der Waals surface area contributed by atoms with Crippen molar-refractivity contribution in [1.29, 1.82) is 0 Å². The van der Waals surface area contributed by atoms with Crippen molar-refractivity contribution in [3.63, 3.8) is 0 Å². The molecule has 0 fully saturated rings. The molecule has 1 atom stereocenters. The molecule has 2 N–H and O–H groups in total. The number of aromatic nitrogens is 2. The molecule has 0 radical (unpaired) electrons. The summed E-state index contributed by atoms with van der Waals surface area (Å²) in [7, 11) is 1.66. The largest absolute Gasteiger partial charge is 0.481 e. The first-order chi connectivity index (χ1) is 11.3. The van der Waals surface area contributed by atoms with Gasteiger partial charge in [0.15, 0.2) is 0 Å². The number of carbonyl (C=O) groups is 2. The summed E-state index contributed by atoms with van der Waals surface area (Å²) in [6.07, 6.45) is 0. The summed E-state index contributed by atoms with van der Waals surface area (Å²) in [5.41, 5.74) is 1.58. The average molecular weight is 333 g/mol. The van der Waals surface area contributed by atoms with E-state index >= 15 is 0 Å². The third kappa shape index (κ3) is 3.98. The number of aryl methyl sites for hydroxylation is 1. The molecular formula is C17H20FN3O3. The SMILES string of the molecule is CC(C)c1cc(C(=O)NCC(C(=O)O)c2ccc(F)cc2)n(C)n1. The van der Waals surface area contributed by atoms with Crippen molar-refractivity contribution in [3.8, 4) is 0 Å². The number of benzene rings is 1. The molecule has 1 heterocycles. The summed E-state index contributed by atoms with van der Waals surface area (Å²) >= 11 is 0. The Kier molecular flexibility index (Phi) is 5.33. The molecule has 1 aromatic heterocycles. The molecule has 0 spiro atoms. The van der Waals surface area contributed by atoms with E-state index in [1.807, 2.05) is 13.8 Å². The molecule has 0 saturated heterocycles. The highest BCUT2D eigenvalue weighted by atomic mass is 19.1. The minimum atomic E-state index is -1.09. The first-order valence-electron chi connectivity index (χ1n) is 7.60. The van der Waals surface area contributed by atoms with Crippen molar-refractivity contribution in [1.82, 2.24) is 15.1 Å². The smallest absolute Gasteiger partial charge is 0.312 e. The van der Waals surface area contributed by atoms with Crippen LogP contribution in [0.2, 0.25) is 0 Å². The average Bonchev–Trinajstić information content (AvgIpc) is 2.91. The normalized spacial score (nSPS) is 12.2. The van der Waals surface area contributed by atoms with E-state index in [1.165, 1.54) is 28.9 Å². The number of halogens is 1. The predicted octanol–water partition coefficient (Wildman–Crippen LogP) is 2.28. The van der Waals surface area contributed by atoms with Crippen molar-refractivity contribution >= 4 is 11.9 Å². The number of hydrogen-bond donors (Lipinski definition) is 2. The molecule has 7 heteroatoms. The molecule has 0 bridgehead atoms. The van der Waals surface area contributed by atoms with Gasteiger partial charge in [0, 0.05) is 13.6 Å². The van der Waals surface area contributed by atoms with Gasteiger partial charge in [0.1, 0.15) is 11.5 Å². The number of aliphatic carboxylic acids is 1. The molecule has 2 rings (SSSR count). The summed E-state index contributed by atoms with van der Waals surface area (Å²) in [4.78, 5) is 23.7. The van der Waals surface area contributed by atoms with Crippen molar-refractivity contribution < 1.29 is 19.1 Å². The van der Waals surface area contributed by atoms with Crippen LogP contribution in [0.4, 0.5) is 4.39 Å². The molecule has 128 valence electrons. The van der Waals surface area contributed by atoms with Gasteiger partial charge in [0.25, 0.3) is 5.91 Å². The number of nitrogens with zero attached hydrogens (tertiary/aromatic N) is 2. The zero-order chi connectivity index (χ0) is 17.9. The van der Waals surface area contributed by atoms with E-state index in [9.17, 15) is 19.1 Å². The monoisotopic (exact) mass is 333 g/mol. The lowest BCUT2D eigenvalue weighted by atomic mass is 9.99. The summed E-state index contributed by atoms with van der Waals surface area (Å²) in [5.74, 6) is -2.70. The Morgan fingerprint density at radius 1 is 1.29 bits per heavy atom. The van der Waals surface area contributed by atoms with Crippen LogP contribution in [-0.2, 0) is 11.8 Å². The minimum Gasteiger partial charge on any atom is -0.481 e. The number of amides is 1. The predicted molar refractivity (Wildman–Crippen MR) is 86.4 cm³/mol. The first kappa shape index (κ1) is 17.7. The van der Waals surface area contributed by atoms with Gasteiger partial charge in [-0.25, -0.2) is 4.39 Å². The van der Waals surface area contributed by atoms with Gasteiger partial charge in [-0.2, -0.15) is 5.10 Å². The fourth-order valence-corrected chi connectivity index (χ4v) is 2.31. The molecule has 0 aliphatic carbocycles. The molecule has 0 saturated carbocycles. The molecule has 6 nitrogen and oxygen atoms in total. The van der Waals surface area contributed by atoms with Gasteiger partial charge in [0.2, 0.25) is 0 Å². The van der Waals surface area contributed by atoms with Crippen LogP contribution in [0.3, 0.4) is 0 Å². The van der Waals surface area contributed by atoms with E-state index in [0.29, 0.717) is 11.3 Å². The lowest BCUT2D eigenvalue weighted by Crippen LogP contribution is -2.32. The summed E-state index contributed by atoms with van der Waals surface area (Å²) in [6.45, 7) is 3.85.